The lowest BCUT2D eigenvalue weighted by atomic mass is 10.0. The Morgan fingerprint density at radius 2 is 1.84 bits per heavy atom. The molecule has 0 bridgehead atoms. The van der Waals surface area contributed by atoms with Crippen LogP contribution in [0.2, 0.25) is 0 Å². The maximum Gasteiger partial charge on any atom is 0.191 e. The highest BCUT2D eigenvalue weighted by Gasteiger charge is 2.22. The van der Waals surface area contributed by atoms with Crippen molar-refractivity contribution in [2.24, 2.45) is 4.99 Å². The van der Waals surface area contributed by atoms with E-state index < -0.39 is 0 Å². The molecule has 0 aliphatic carbocycles. The molecule has 0 spiro atoms. The zero-order valence-corrected chi connectivity index (χ0v) is 18.8. The van der Waals surface area contributed by atoms with Crippen LogP contribution in [-0.2, 0) is 11.3 Å². The van der Waals surface area contributed by atoms with E-state index in [1.54, 1.807) is 14.2 Å². The number of rotatable bonds is 9. The van der Waals surface area contributed by atoms with E-state index in [1.807, 2.05) is 18.2 Å². The van der Waals surface area contributed by atoms with Crippen molar-refractivity contribution in [3.63, 3.8) is 0 Å². The van der Waals surface area contributed by atoms with Crippen molar-refractivity contribution in [3.8, 4) is 11.5 Å². The van der Waals surface area contributed by atoms with E-state index in [0.29, 0.717) is 6.54 Å². The number of hydrogen-bond donors (Lipinski definition) is 2. The molecular formula is C24H34N4O3. The van der Waals surface area contributed by atoms with E-state index >= 15 is 0 Å². The third-order valence-corrected chi connectivity index (χ3v) is 5.38. The molecule has 0 radical (unpaired) electrons. The van der Waals surface area contributed by atoms with Gasteiger partial charge in [0.1, 0.15) is 11.5 Å². The summed E-state index contributed by atoms with van der Waals surface area (Å²) in [5, 5.41) is 6.89. The molecule has 31 heavy (non-hydrogen) atoms. The molecule has 7 heteroatoms. The zero-order chi connectivity index (χ0) is 21.9. The topological polar surface area (TPSA) is 67.4 Å². The van der Waals surface area contributed by atoms with Crippen LogP contribution in [0.1, 0.15) is 24.1 Å². The molecule has 0 saturated carbocycles. The normalized spacial score (nSPS) is 15.9. The van der Waals surface area contributed by atoms with Crippen LogP contribution in [-0.4, -0.2) is 64.5 Å². The van der Waals surface area contributed by atoms with Gasteiger partial charge < -0.3 is 24.8 Å². The molecule has 2 aromatic rings. The predicted octanol–water partition coefficient (Wildman–Crippen LogP) is 2.83. The van der Waals surface area contributed by atoms with Gasteiger partial charge in [0.05, 0.1) is 40.0 Å². The van der Waals surface area contributed by atoms with Gasteiger partial charge in [0.15, 0.2) is 5.96 Å². The number of benzene rings is 2. The lowest BCUT2D eigenvalue weighted by Gasteiger charge is -2.35. The van der Waals surface area contributed by atoms with Crippen LogP contribution in [0.25, 0.3) is 0 Å². The van der Waals surface area contributed by atoms with Gasteiger partial charge in [-0.15, -0.1) is 0 Å². The quantitative estimate of drug-likeness (QED) is 0.475. The molecule has 1 aliphatic rings. The van der Waals surface area contributed by atoms with E-state index in [-0.39, 0.29) is 6.04 Å². The van der Waals surface area contributed by atoms with Gasteiger partial charge in [-0.25, -0.2) is 4.99 Å². The van der Waals surface area contributed by atoms with Crippen molar-refractivity contribution in [1.82, 2.24) is 15.5 Å². The van der Waals surface area contributed by atoms with E-state index in [1.165, 1.54) is 5.56 Å². The summed E-state index contributed by atoms with van der Waals surface area (Å²) in [6.07, 6.45) is 0. The molecule has 1 heterocycles. The Morgan fingerprint density at radius 1 is 1.06 bits per heavy atom. The van der Waals surface area contributed by atoms with Crippen LogP contribution in [0.4, 0.5) is 0 Å². The molecule has 3 rings (SSSR count). The van der Waals surface area contributed by atoms with Crippen molar-refractivity contribution in [2.45, 2.75) is 19.5 Å². The first-order valence-electron chi connectivity index (χ1n) is 10.8. The minimum Gasteiger partial charge on any atom is -0.497 e. The fraction of sp³-hybridized carbons (Fsp3) is 0.458. The van der Waals surface area contributed by atoms with Gasteiger partial charge in [-0.05, 0) is 24.6 Å². The van der Waals surface area contributed by atoms with Crippen molar-refractivity contribution in [1.29, 1.82) is 0 Å². The van der Waals surface area contributed by atoms with E-state index in [4.69, 9.17) is 19.2 Å². The lowest BCUT2D eigenvalue weighted by Crippen LogP contribution is -2.46. The van der Waals surface area contributed by atoms with Crippen molar-refractivity contribution < 1.29 is 14.2 Å². The Kier molecular flexibility index (Phi) is 8.99. The number of aliphatic imine (C=N–C) groups is 1. The number of ether oxygens (including phenoxy) is 3. The highest BCUT2D eigenvalue weighted by atomic mass is 16.5. The minimum absolute atomic E-state index is 0.254. The molecule has 1 atom stereocenters. The van der Waals surface area contributed by atoms with Gasteiger partial charge in [0.2, 0.25) is 0 Å². The fourth-order valence-corrected chi connectivity index (χ4v) is 3.70. The zero-order valence-electron chi connectivity index (χ0n) is 18.8. The Labute approximate surface area is 185 Å². The monoisotopic (exact) mass is 426 g/mol. The minimum atomic E-state index is 0.254. The number of guanidine groups is 1. The molecule has 7 nitrogen and oxygen atoms in total. The molecule has 2 aromatic carbocycles. The first-order chi connectivity index (χ1) is 15.2. The summed E-state index contributed by atoms with van der Waals surface area (Å²) in [5.41, 5.74) is 2.30. The molecule has 168 valence electrons. The Morgan fingerprint density at radius 3 is 2.52 bits per heavy atom. The van der Waals surface area contributed by atoms with Crippen LogP contribution < -0.4 is 20.1 Å². The highest BCUT2D eigenvalue weighted by Crippen LogP contribution is 2.25. The number of nitrogens with one attached hydrogen (secondary N) is 2. The summed E-state index contributed by atoms with van der Waals surface area (Å²) in [6.45, 7) is 7.53. The fourth-order valence-electron chi connectivity index (χ4n) is 3.70. The maximum atomic E-state index is 5.56. The molecule has 0 aromatic heterocycles. The Bertz CT molecular complexity index is 823. The van der Waals surface area contributed by atoms with E-state index in [2.05, 4.69) is 52.8 Å². The predicted molar refractivity (Wildman–Crippen MR) is 124 cm³/mol. The Balaban J connectivity index is 1.71. The number of methoxy groups -OCH3 is 2. The average Bonchev–Trinajstić information content (AvgIpc) is 2.83. The van der Waals surface area contributed by atoms with Gasteiger partial charge in [0, 0.05) is 37.8 Å². The SMILES string of the molecule is CCNC(=NCc1ccc(OC)cc1OC)NCC(c1ccccc1)N1CCOCC1. The Hall–Kier alpha value is -2.77. The summed E-state index contributed by atoms with van der Waals surface area (Å²) in [4.78, 5) is 7.26. The number of morpholine rings is 1. The maximum absolute atomic E-state index is 5.56. The second-order valence-corrected chi connectivity index (χ2v) is 7.33. The first-order valence-corrected chi connectivity index (χ1v) is 10.8. The molecule has 0 amide bonds. The summed E-state index contributed by atoms with van der Waals surface area (Å²) in [7, 11) is 3.32. The molecule has 1 saturated heterocycles. The third-order valence-electron chi connectivity index (χ3n) is 5.38. The summed E-state index contributed by atoms with van der Waals surface area (Å²) in [6, 6.07) is 16.7. The van der Waals surface area contributed by atoms with Gasteiger partial charge >= 0.3 is 0 Å². The van der Waals surface area contributed by atoms with E-state index in [0.717, 1.165) is 62.4 Å². The number of nitrogens with zero attached hydrogens (tertiary/aromatic N) is 2. The van der Waals surface area contributed by atoms with Gasteiger partial charge in [-0.3, -0.25) is 4.90 Å². The average molecular weight is 427 g/mol. The largest absolute Gasteiger partial charge is 0.497 e. The molecule has 1 unspecified atom stereocenters. The van der Waals surface area contributed by atoms with Crippen molar-refractivity contribution in [3.05, 3.63) is 59.7 Å². The molecule has 2 N–H and O–H groups in total. The summed E-state index contributed by atoms with van der Waals surface area (Å²) >= 11 is 0. The van der Waals surface area contributed by atoms with E-state index in [9.17, 15) is 0 Å². The molecular weight excluding hydrogens is 392 g/mol. The molecule has 1 aliphatic heterocycles. The van der Waals surface area contributed by atoms with Gasteiger partial charge in [-0.2, -0.15) is 0 Å². The van der Waals surface area contributed by atoms with Crippen LogP contribution in [0.3, 0.4) is 0 Å². The first kappa shape index (κ1) is 22.9. The lowest BCUT2D eigenvalue weighted by molar-refractivity contribution is 0.0170. The van der Waals surface area contributed by atoms with Crippen LogP contribution in [0, 0.1) is 0 Å². The van der Waals surface area contributed by atoms with Crippen LogP contribution >= 0.6 is 0 Å². The standard InChI is InChI=1S/C24H34N4O3/c1-4-25-24(26-17-20-10-11-21(29-2)16-23(20)30-3)27-18-22(19-8-6-5-7-9-19)28-12-14-31-15-13-28/h5-11,16,22H,4,12-15,17-18H2,1-3H3,(H2,25,26,27). The van der Waals surface area contributed by atoms with Crippen LogP contribution in [0.5, 0.6) is 11.5 Å². The smallest absolute Gasteiger partial charge is 0.191 e. The summed E-state index contributed by atoms with van der Waals surface area (Å²) < 4.78 is 16.4. The second kappa shape index (κ2) is 12.2. The highest BCUT2D eigenvalue weighted by molar-refractivity contribution is 5.79. The van der Waals surface area contributed by atoms with Gasteiger partial charge in [0.25, 0.3) is 0 Å². The number of hydrogen-bond acceptors (Lipinski definition) is 5. The third kappa shape index (κ3) is 6.60. The second-order valence-electron chi connectivity index (χ2n) is 7.33. The van der Waals surface area contributed by atoms with Crippen molar-refractivity contribution >= 4 is 5.96 Å². The molecule has 1 fully saturated rings. The van der Waals surface area contributed by atoms with Gasteiger partial charge in [-0.1, -0.05) is 30.3 Å². The van der Waals surface area contributed by atoms with Crippen LogP contribution in [0.15, 0.2) is 53.5 Å². The van der Waals surface area contributed by atoms with Crippen molar-refractivity contribution in [2.75, 3.05) is 53.6 Å². The summed E-state index contributed by atoms with van der Waals surface area (Å²) in [5.74, 6) is 2.33.